The fourth-order valence-electron chi connectivity index (χ4n) is 2.45. The second-order valence-corrected chi connectivity index (χ2v) is 5.51. The summed E-state index contributed by atoms with van der Waals surface area (Å²) in [4.78, 5) is 20.3. The fourth-order valence-corrected chi connectivity index (χ4v) is 2.45. The molecule has 0 saturated carbocycles. The molecule has 1 amide bonds. The molecule has 0 spiro atoms. The predicted octanol–water partition coefficient (Wildman–Crippen LogP) is 1.04. The van der Waals surface area contributed by atoms with Crippen molar-refractivity contribution in [2.45, 2.75) is 19.8 Å². The van der Waals surface area contributed by atoms with Gasteiger partial charge in [0.1, 0.15) is 6.33 Å². The molecule has 8 heteroatoms. The molecule has 2 heterocycles. The van der Waals surface area contributed by atoms with Crippen molar-refractivity contribution in [2.75, 3.05) is 33.9 Å². The second-order valence-electron chi connectivity index (χ2n) is 5.51. The van der Waals surface area contributed by atoms with E-state index in [0.717, 1.165) is 25.9 Å². The highest BCUT2D eigenvalue weighted by molar-refractivity contribution is 5.98. The number of methoxy groups -OCH3 is 2. The van der Waals surface area contributed by atoms with Crippen LogP contribution in [0.3, 0.4) is 0 Å². The van der Waals surface area contributed by atoms with Crippen molar-refractivity contribution >= 4 is 18.3 Å². The Hall–Kier alpha value is -1.60. The maximum atomic E-state index is 12.4. The maximum Gasteiger partial charge on any atom is 0.262 e. The van der Waals surface area contributed by atoms with Crippen molar-refractivity contribution in [1.82, 2.24) is 20.6 Å². The molecule has 1 aromatic rings. The van der Waals surface area contributed by atoms with Crippen LogP contribution in [-0.4, -0.2) is 49.7 Å². The SMILES string of the molecule is COc1ncnc(OC)c1C(=O)NCC1(C)CCNCC1.Cl. The topological polar surface area (TPSA) is 85.4 Å². The van der Waals surface area contributed by atoms with Gasteiger partial charge in [-0.2, -0.15) is 0 Å². The third kappa shape index (κ3) is 4.20. The lowest BCUT2D eigenvalue weighted by Gasteiger charge is -2.34. The number of amides is 1. The number of rotatable bonds is 5. The molecule has 1 fully saturated rings. The highest BCUT2D eigenvalue weighted by atomic mass is 35.5. The number of hydrogen-bond acceptors (Lipinski definition) is 6. The Balaban J connectivity index is 0.00000242. The molecule has 2 N–H and O–H groups in total. The van der Waals surface area contributed by atoms with E-state index in [9.17, 15) is 4.79 Å². The van der Waals surface area contributed by atoms with E-state index in [1.165, 1.54) is 20.5 Å². The van der Waals surface area contributed by atoms with Crippen LogP contribution in [0.5, 0.6) is 11.8 Å². The lowest BCUT2D eigenvalue weighted by atomic mass is 9.81. The summed E-state index contributed by atoms with van der Waals surface area (Å²) in [7, 11) is 2.93. The quantitative estimate of drug-likeness (QED) is 0.839. The Morgan fingerprint density at radius 1 is 1.27 bits per heavy atom. The molecule has 2 rings (SSSR count). The molecular formula is C14H23ClN4O3. The van der Waals surface area contributed by atoms with Gasteiger partial charge in [-0.25, -0.2) is 9.97 Å². The summed E-state index contributed by atoms with van der Waals surface area (Å²) in [6.45, 7) is 4.75. The van der Waals surface area contributed by atoms with Crippen LogP contribution in [0.4, 0.5) is 0 Å². The molecule has 0 bridgehead atoms. The standard InChI is InChI=1S/C14H22N4O3.ClH/c1-14(4-6-15-7-5-14)8-16-11(19)10-12(20-2)17-9-18-13(10)21-3;/h9,15H,4-8H2,1-3H3,(H,16,19);1H. The summed E-state index contributed by atoms with van der Waals surface area (Å²) in [5.74, 6) is 0.161. The van der Waals surface area contributed by atoms with Crippen molar-refractivity contribution in [3.8, 4) is 11.8 Å². The van der Waals surface area contributed by atoms with E-state index in [0.29, 0.717) is 6.54 Å². The lowest BCUT2D eigenvalue weighted by Crippen LogP contribution is -2.43. The zero-order valence-corrected chi connectivity index (χ0v) is 14.0. The lowest BCUT2D eigenvalue weighted by molar-refractivity contribution is 0.0914. The molecule has 0 atom stereocenters. The number of piperidine rings is 1. The van der Waals surface area contributed by atoms with Gasteiger partial charge < -0.3 is 20.1 Å². The largest absolute Gasteiger partial charge is 0.480 e. The van der Waals surface area contributed by atoms with E-state index in [-0.39, 0.29) is 41.1 Å². The highest BCUT2D eigenvalue weighted by Crippen LogP contribution is 2.28. The van der Waals surface area contributed by atoms with Crippen LogP contribution >= 0.6 is 12.4 Å². The van der Waals surface area contributed by atoms with Crippen LogP contribution in [0.2, 0.25) is 0 Å². The second kappa shape index (κ2) is 8.14. The van der Waals surface area contributed by atoms with Gasteiger partial charge in [0.25, 0.3) is 5.91 Å². The van der Waals surface area contributed by atoms with Crippen molar-refractivity contribution in [3.63, 3.8) is 0 Å². The highest BCUT2D eigenvalue weighted by Gasteiger charge is 2.29. The van der Waals surface area contributed by atoms with Crippen LogP contribution in [0, 0.1) is 5.41 Å². The minimum absolute atomic E-state index is 0. The normalized spacial score (nSPS) is 16.3. The fraction of sp³-hybridized carbons (Fsp3) is 0.643. The summed E-state index contributed by atoms with van der Waals surface area (Å²) in [6.07, 6.45) is 3.38. The summed E-state index contributed by atoms with van der Waals surface area (Å²) in [5, 5.41) is 6.27. The van der Waals surface area contributed by atoms with E-state index >= 15 is 0 Å². The minimum Gasteiger partial charge on any atom is -0.480 e. The minimum atomic E-state index is -0.274. The van der Waals surface area contributed by atoms with Crippen molar-refractivity contribution in [1.29, 1.82) is 0 Å². The summed E-state index contributed by atoms with van der Waals surface area (Å²) in [6, 6.07) is 0. The molecule has 124 valence electrons. The number of nitrogens with zero attached hydrogens (tertiary/aromatic N) is 2. The average molecular weight is 331 g/mol. The molecule has 0 aromatic carbocycles. The number of ether oxygens (including phenoxy) is 2. The van der Waals surface area contributed by atoms with Gasteiger partial charge in [-0.15, -0.1) is 12.4 Å². The number of nitrogens with one attached hydrogen (secondary N) is 2. The van der Waals surface area contributed by atoms with E-state index < -0.39 is 0 Å². The molecule has 1 aromatic heterocycles. The Kier molecular flexibility index (Phi) is 6.83. The van der Waals surface area contributed by atoms with Gasteiger partial charge in [0.2, 0.25) is 11.8 Å². The van der Waals surface area contributed by atoms with Crippen molar-refractivity contribution in [2.24, 2.45) is 5.41 Å². The zero-order chi connectivity index (χ0) is 15.3. The molecule has 0 unspecified atom stereocenters. The first-order chi connectivity index (χ1) is 10.1. The first kappa shape index (κ1) is 18.4. The van der Waals surface area contributed by atoms with Gasteiger partial charge in [0.05, 0.1) is 14.2 Å². The molecule has 0 radical (unpaired) electrons. The van der Waals surface area contributed by atoms with Gasteiger partial charge >= 0.3 is 0 Å². The van der Waals surface area contributed by atoms with Crippen molar-refractivity contribution < 1.29 is 14.3 Å². The van der Waals surface area contributed by atoms with E-state index in [1.54, 1.807) is 0 Å². The molecule has 1 aliphatic heterocycles. The number of carbonyl (C=O) groups excluding carboxylic acids is 1. The van der Waals surface area contributed by atoms with E-state index in [1.807, 2.05) is 0 Å². The first-order valence-corrected chi connectivity index (χ1v) is 7.01. The smallest absolute Gasteiger partial charge is 0.262 e. The molecule has 7 nitrogen and oxygen atoms in total. The Morgan fingerprint density at radius 3 is 2.32 bits per heavy atom. The van der Waals surface area contributed by atoms with Gasteiger partial charge in [-0.3, -0.25) is 4.79 Å². The van der Waals surface area contributed by atoms with Gasteiger partial charge in [0, 0.05) is 6.54 Å². The van der Waals surface area contributed by atoms with E-state index in [4.69, 9.17) is 9.47 Å². The number of aromatic nitrogens is 2. The van der Waals surface area contributed by atoms with Crippen LogP contribution in [-0.2, 0) is 0 Å². The van der Waals surface area contributed by atoms with Crippen LogP contribution < -0.4 is 20.1 Å². The molecule has 1 saturated heterocycles. The first-order valence-electron chi connectivity index (χ1n) is 7.01. The molecule has 22 heavy (non-hydrogen) atoms. The Bertz CT molecular complexity index is 485. The van der Waals surface area contributed by atoms with E-state index in [2.05, 4.69) is 27.5 Å². The summed E-state index contributed by atoms with van der Waals surface area (Å²) >= 11 is 0. The molecule has 1 aliphatic rings. The summed E-state index contributed by atoms with van der Waals surface area (Å²) in [5.41, 5.74) is 0.344. The van der Waals surface area contributed by atoms with Crippen molar-refractivity contribution in [3.05, 3.63) is 11.9 Å². The van der Waals surface area contributed by atoms with Gasteiger partial charge in [-0.1, -0.05) is 6.92 Å². The Morgan fingerprint density at radius 2 is 1.82 bits per heavy atom. The Labute approximate surface area is 136 Å². The van der Waals surface area contributed by atoms with Crippen LogP contribution in [0.15, 0.2) is 6.33 Å². The molecular weight excluding hydrogens is 308 g/mol. The zero-order valence-electron chi connectivity index (χ0n) is 13.1. The third-order valence-electron chi connectivity index (χ3n) is 3.88. The monoisotopic (exact) mass is 330 g/mol. The average Bonchev–Trinajstić information content (AvgIpc) is 2.52. The summed E-state index contributed by atoms with van der Waals surface area (Å²) < 4.78 is 10.2. The number of carbonyl (C=O) groups is 1. The van der Waals surface area contributed by atoms with Crippen LogP contribution in [0.25, 0.3) is 0 Å². The number of halogens is 1. The predicted molar refractivity (Wildman–Crippen MR) is 84.9 cm³/mol. The number of hydrogen-bond donors (Lipinski definition) is 2. The van der Waals surface area contributed by atoms with Gasteiger partial charge in [-0.05, 0) is 31.3 Å². The van der Waals surface area contributed by atoms with Gasteiger partial charge in [0.15, 0.2) is 5.56 Å². The third-order valence-corrected chi connectivity index (χ3v) is 3.88. The van der Waals surface area contributed by atoms with Crippen LogP contribution in [0.1, 0.15) is 30.1 Å². The molecule has 0 aliphatic carbocycles. The maximum absolute atomic E-state index is 12.4.